The van der Waals surface area contributed by atoms with Gasteiger partial charge in [-0.25, -0.2) is 0 Å². The average Bonchev–Trinajstić information content (AvgIpc) is 2.85. The van der Waals surface area contributed by atoms with Crippen LogP contribution in [0.2, 0.25) is 0 Å². The summed E-state index contributed by atoms with van der Waals surface area (Å²) < 4.78 is 0. The van der Waals surface area contributed by atoms with Crippen LogP contribution in [0.5, 0.6) is 0 Å². The summed E-state index contributed by atoms with van der Waals surface area (Å²) >= 11 is 0. The number of nitrogens with one attached hydrogen (secondary N) is 1. The van der Waals surface area contributed by atoms with Crippen molar-refractivity contribution in [2.24, 2.45) is 11.7 Å². The Balaban J connectivity index is 1.51. The third kappa shape index (κ3) is 3.43. The SMILES string of the molecule is CN(CC(=O)N1CCCC(C(N)=O)C1)C1CC2CCC(C1)N2. The van der Waals surface area contributed by atoms with Crippen molar-refractivity contribution in [1.82, 2.24) is 15.1 Å². The van der Waals surface area contributed by atoms with Gasteiger partial charge in [-0.1, -0.05) is 0 Å². The Kier molecular flexibility index (Phi) is 4.68. The van der Waals surface area contributed by atoms with Crippen molar-refractivity contribution in [2.75, 3.05) is 26.7 Å². The van der Waals surface area contributed by atoms with Crippen LogP contribution in [0.25, 0.3) is 0 Å². The first-order chi connectivity index (χ1) is 10.5. The number of carbonyl (C=O) groups is 2. The van der Waals surface area contributed by atoms with Gasteiger partial charge in [0.1, 0.15) is 0 Å². The van der Waals surface area contributed by atoms with Crippen molar-refractivity contribution in [1.29, 1.82) is 0 Å². The molecule has 124 valence electrons. The smallest absolute Gasteiger partial charge is 0.236 e. The van der Waals surface area contributed by atoms with E-state index in [0.29, 0.717) is 31.2 Å². The van der Waals surface area contributed by atoms with E-state index in [1.54, 1.807) is 0 Å². The fourth-order valence-electron chi connectivity index (χ4n) is 4.27. The number of hydrogen-bond donors (Lipinski definition) is 2. The first-order valence-corrected chi connectivity index (χ1v) is 8.56. The molecule has 0 aromatic carbocycles. The quantitative estimate of drug-likeness (QED) is 0.762. The molecule has 3 rings (SSSR count). The maximum absolute atomic E-state index is 12.5. The highest BCUT2D eigenvalue weighted by atomic mass is 16.2. The molecule has 3 N–H and O–H groups in total. The van der Waals surface area contributed by atoms with E-state index in [0.717, 1.165) is 32.2 Å². The van der Waals surface area contributed by atoms with Gasteiger partial charge >= 0.3 is 0 Å². The Hall–Kier alpha value is -1.14. The van der Waals surface area contributed by atoms with Crippen LogP contribution in [-0.4, -0.2) is 66.4 Å². The number of primary amides is 1. The van der Waals surface area contributed by atoms with Crippen LogP contribution in [-0.2, 0) is 9.59 Å². The lowest BCUT2D eigenvalue weighted by Crippen LogP contribution is -2.51. The molecule has 22 heavy (non-hydrogen) atoms. The molecule has 0 saturated carbocycles. The van der Waals surface area contributed by atoms with E-state index in [1.165, 1.54) is 12.8 Å². The Morgan fingerprint density at radius 1 is 1.23 bits per heavy atom. The third-order valence-electron chi connectivity index (χ3n) is 5.63. The normalized spacial score (nSPS) is 34.9. The predicted octanol–water partition coefficient (Wildman–Crippen LogP) is -0.0749. The summed E-state index contributed by atoms with van der Waals surface area (Å²) in [5.74, 6) is -0.308. The van der Waals surface area contributed by atoms with Crippen LogP contribution in [0, 0.1) is 5.92 Å². The highest BCUT2D eigenvalue weighted by molar-refractivity contribution is 5.81. The molecule has 6 heteroatoms. The summed E-state index contributed by atoms with van der Waals surface area (Å²) in [4.78, 5) is 27.9. The molecule has 0 aromatic heterocycles. The summed E-state index contributed by atoms with van der Waals surface area (Å²) in [6.07, 6.45) is 6.52. The molecule has 3 heterocycles. The van der Waals surface area contributed by atoms with Crippen LogP contribution in [0.4, 0.5) is 0 Å². The molecule has 2 amide bonds. The van der Waals surface area contributed by atoms with Gasteiger partial charge in [0.05, 0.1) is 12.5 Å². The fourth-order valence-corrected chi connectivity index (χ4v) is 4.27. The van der Waals surface area contributed by atoms with Crippen LogP contribution < -0.4 is 11.1 Å². The molecule has 3 aliphatic rings. The number of piperidine rings is 2. The number of rotatable bonds is 4. The van der Waals surface area contributed by atoms with Gasteiger partial charge in [-0.05, 0) is 45.6 Å². The van der Waals surface area contributed by atoms with Gasteiger partial charge in [-0.3, -0.25) is 14.5 Å². The van der Waals surface area contributed by atoms with Crippen LogP contribution >= 0.6 is 0 Å². The minimum atomic E-state index is -0.277. The molecule has 3 unspecified atom stereocenters. The molecule has 6 nitrogen and oxygen atoms in total. The van der Waals surface area contributed by atoms with Crippen LogP contribution in [0.15, 0.2) is 0 Å². The molecule has 0 spiro atoms. The second-order valence-corrected chi connectivity index (χ2v) is 7.26. The van der Waals surface area contributed by atoms with Crippen LogP contribution in [0.3, 0.4) is 0 Å². The molecule has 3 aliphatic heterocycles. The highest BCUT2D eigenvalue weighted by Gasteiger charge is 2.36. The molecule has 3 fully saturated rings. The Morgan fingerprint density at radius 2 is 1.91 bits per heavy atom. The summed E-state index contributed by atoms with van der Waals surface area (Å²) in [5, 5.41) is 3.64. The third-order valence-corrected chi connectivity index (χ3v) is 5.63. The van der Waals surface area contributed by atoms with Crippen molar-refractivity contribution in [3.63, 3.8) is 0 Å². The number of carbonyl (C=O) groups excluding carboxylic acids is 2. The summed E-state index contributed by atoms with van der Waals surface area (Å²) in [6, 6.07) is 1.77. The number of nitrogens with zero attached hydrogens (tertiary/aromatic N) is 2. The Bertz CT molecular complexity index is 430. The van der Waals surface area contributed by atoms with Crippen molar-refractivity contribution < 1.29 is 9.59 Å². The van der Waals surface area contributed by atoms with Crippen molar-refractivity contribution in [3.8, 4) is 0 Å². The zero-order valence-corrected chi connectivity index (χ0v) is 13.5. The predicted molar refractivity (Wildman–Crippen MR) is 84.1 cm³/mol. The van der Waals surface area contributed by atoms with Gasteiger partial charge in [-0.2, -0.15) is 0 Å². The summed E-state index contributed by atoms with van der Waals surface area (Å²) in [7, 11) is 2.06. The van der Waals surface area contributed by atoms with E-state index < -0.39 is 0 Å². The average molecular weight is 308 g/mol. The largest absolute Gasteiger partial charge is 0.369 e. The minimum Gasteiger partial charge on any atom is -0.369 e. The Morgan fingerprint density at radius 3 is 2.55 bits per heavy atom. The first-order valence-electron chi connectivity index (χ1n) is 8.56. The first kappa shape index (κ1) is 15.7. The standard InChI is InChI=1S/C16H28N4O2/c1-19(14-7-12-4-5-13(8-14)18-12)10-15(21)20-6-2-3-11(9-20)16(17)22/h11-14,18H,2-10H2,1H3,(H2,17,22). The number of likely N-dealkylation sites (N-methyl/N-ethyl adjacent to an activating group) is 1. The van der Waals surface area contributed by atoms with Gasteiger partial charge in [0.25, 0.3) is 0 Å². The second-order valence-electron chi connectivity index (χ2n) is 7.26. The van der Waals surface area contributed by atoms with E-state index in [9.17, 15) is 9.59 Å². The zero-order valence-electron chi connectivity index (χ0n) is 13.5. The second kappa shape index (κ2) is 6.54. The minimum absolute atomic E-state index is 0.138. The fraction of sp³-hybridized carbons (Fsp3) is 0.875. The number of amides is 2. The van der Waals surface area contributed by atoms with Gasteiger partial charge < -0.3 is 16.0 Å². The van der Waals surface area contributed by atoms with Crippen molar-refractivity contribution >= 4 is 11.8 Å². The molecule has 3 saturated heterocycles. The van der Waals surface area contributed by atoms with Gasteiger partial charge in [0.2, 0.25) is 11.8 Å². The number of likely N-dealkylation sites (tertiary alicyclic amines) is 1. The molecule has 2 bridgehead atoms. The molecule has 3 atom stereocenters. The van der Waals surface area contributed by atoms with Crippen LogP contribution in [0.1, 0.15) is 38.5 Å². The highest BCUT2D eigenvalue weighted by Crippen LogP contribution is 2.29. The van der Waals surface area contributed by atoms with Gasteiger partial charge in [0.15, 0.2) is 0 Å². The van der Waals surface area contributed by atoms with Gasteiger partial charge in [0, 0.05) is 31.2 Å². The van der Waals surface area contributed by atoms with E-state index >= 15 is 0 Å². The Labute approximate surface area is 132 Å². The lowest BCUT2D eigenvalue weighted by molar-refractivity contribution is -0.136. The molecule has 0 aromatic rings. The van der Waals surface area contributed by atoms with E-state index in [2.05, 4.69) is 17.3 Å². The molecule has 0 aliphatic carbocycles. The monoisotopic (exact) mass is 308 g/mol. The lowest BCUT2D eigenvalue weighted by Gasteiger charge is -2.37. The maximum Gasteiger partial charge on any atom is 0.236 e. The van der Waals surface area contributed by atoms with Gasteiger partial charge in [-0.15, -0.1) is 0 Å². The van der Waals surface area contributed by atoms with Crippen molar-refractivity contribution in [3.05, 3.63) is 0 Å². The number of hydrogen-bond acceptors (Lipinski definition) is 4. The van der Waals surface area contributed by atoms with Crippen molar-refractivity contribution in [2.45, 2.75) is 56.7 Å². The zero-order chi connectivity index (χ0) is 15.7. The topological polar surface area (TPSA) is 78.7 Å². The maximum atomic E-state index is 12.5. The lowest BCUT2D eigenvalue weighted by atomic mass is 9.97. The number of fused-ring (bicyclic) bond motifs is 2. The summed E-state index contributed by atoms with van der Waals surface area (Å²) in [5.41, 5.74) is 5.39. The van der Waals surface area contributed by atoms with E-state index in [4.69, 9.17) is 5.73 Å². The van der Waals surface area contributed by atoms with E-state index in [-0.39, 0.29) is 17.7 Å². The summed E-state index contributed by atoms with van der Waals surface area (Å²) in [6.45, 7) is 1.71. The molecular weight excluding hydrogens is 280 g/mol. The number of nitrogens with two attached hydrogens (primary N) is 1. The van der Waals surface area contributed by atoms with E-state index in [1.807, 2.05) is 4.90 Å². The molecule has 0 radical (unpaired) electrons. The molecular formula is C16H28N4O2.